The molecule has 0 amide bonds. The van der Waals surface area contributed by atoms with Gasteiger partial charge in [-0.25, -0.2) is 9.77 Å². The van der Waals surface area contributed by atoms with Crippen molar-refractivity contribution in [3.05, 3.63) is 87.9 Å². The Kier molecular flexibility index (Phi) is 7.03. The van der Waals surface area contributed by atoms with Crippen molar-refractivity contribution in [1.29, 1.82) is 0 Å². The summed E-state index contributed by atoms with van der Waals surface area (Å²) in [5, 5.41) is 7.83. The summed E-state index contributed by atoms with van der Waals surface area (Å²) in [6.07, 6.45) is 3.43. The second-order valence-corrected chi connectivity index (χ2v) is 7.71. The molecule has 32 heavy (non-hydrogen) atoms. The first-order valence-corrected chi connectivity index (χ1v) is 10.9. The molecule has 0 radical (unpaired) electrons. The summed E-state index contributed by atoms with van der Waals surface area (Å²) in [5.74, 6) is 2.04. The second-order valence-electron chi connectivity index (χ2n) is 6.89. The lowest BCUT2D eigenvalue weighted by molar-refractivity contribution is 0.269. The zero-order chi connectivity index (χ0) is 22.3. The maximum Gasteiger partial charge on any atom is 0.214 e. The summed E-state index contributed by atoms with van der Waals surface area (Å²) in [6.45, 7) is 3.39. The molecule has 2 heterocycles. The largest absolute Gasteiger partial charge is 0.490 e. The van der Waals surface area contributed by atoms with E-state index >= 15 is 0 Å². The molecule has 0 saturated carbocycles. The quantitative estimate of drug-likeness (QED) is 0.322. The van der Waals surface area contributed by atoms with E-state index in [4.69, 9.17) is 33.3 Å². The van der Waals surface area contributed by atoms with Crippen LogP contribution >= 0.6 is 23.8 Å². The van der Waals surface area contributed by atoms with Crippen molar-refractivity contribution < 1.29 is 9.47 Å². The van der Waals surface area contributed by atoms with Crippen molar-refractivity contribution >= 4 is 23.8 Å². The van der Waals surface area contributed by atoms with Crippen LogP contribution in [-0.4, -0.2) is 26.5 Å². The van der Waals surface area contributed by atoms with Crippen molar-refractivity contribution in [3.63, 3.8) is 0 Å². The van der Waals surface area contributed by atoms with Gasteiger partial charge in [0.2, 0.25) is 4.77 Å². The van der Waals surface area contributed by atoms with Crippen LogP contribution in [0.3, 0.4) is 0 Å². The monoisotopic (exact) mass is 467 g/mol. The first-order chi connectivity index (χ1) is 15.6. The van der Waals surface area contributed by atoms with Gasteiger partial charge < -0.3 is 14.9 Å². The van der Waals surface area contributed by atoms with Crippen molar-refractivity contribution in [3.8, 4) is 22.9 Å². The summed E-state index contributed by atoms with van der Waals surface area (Å²) < 4.78 is 14.0. The van der Waals surface area contributed by atoms with Crippen LogP contribution in [0.4, 0.5) is 0 Å². The average Bonchev–Trinajstić information content (AvgIpc) is 3.18. The molecule has 0 spiro atoms. The van der Waals surface area contributed by atoms with Gasteiger partial charge in [0.1, 0.15) is 6.61 Å². The van der Waals surface area contributed by atoms with Gasteiger partial charge in [-0.2, -0.15) is 5.10 Å². The van der Waals surface area contributed by atoms with E-state index < -0.39 is 0 Å². The Morgan fingerprint density at radius 3 is 2.66 bits per heavy atom. The Labute approximate surface area is 196 Å². The first kappa shape index (κ1) is 21.9. The molecule has 0 unspecified atom stereocenters. The van der Waals surface area contributed by atoms with Gasteiger partial charge in [0.25, 0.3) is 0 Å². The molecular formula is C23H22ClN5O2S. The molecule has 9 heteroatoms. The minimum absolute atomic E-state index is 0.401. The summed E-state index contributed by atoms with van der Waals surface area (Å²) in [5.41, 5.74) is 6.22. The lowest BCUT2D eigenvalue weighted by Gasteiger charge is -2.15. The third-order valence-electron chi connectivity index (χ3n) is 4.64. The van der Waals surface area contributed by atoms with E-state index in [0.29, 0.717) is 46.9 Å². The lowest BCUT2D eigenvalue weighted by Crippen LogP contribution is -2.16. The molecule has 4 aromatic rings. The van der Waals surface area contributed by atoms with Crippen LogP contribution in [0.25, 0.3) is 11.4 Å². The Morgan fingerprint density at radius 2 is 1.88 bits per heavy atom. The predicted octanol–water partition coefficient (Wildman–Crippen LogP) is 5.38. The molecule has 0 atom stereocenters. The molecule has 0 aliphatic heterocycles. The van der Waals surface area contributed by atoms with Gasteiger partial charge in [-0.1, -0.05) is 29.8 Å². The number of hydrogen-bond acceptors (Lipinski definition) is 6. The van der Waals surface area contributed by atoms with E-state index in [2.05, 4.69) is 20.6 Å². The van der Waals surface area contributed by atoms with Crippen LogP contribution in [0.2, 0.25) is 5.02 Å². The predicted molar refractivity (Wildman–Crippen MR) is 127 cm³/mol. The number of nitrogens with one attached hydrogen (secondary N) is 2. The molecule has 2 aromatic carbocycles. The highest BCUT2D eigenvalue weighted by molar-refractivity contribution is 7.71. The van der Waals surface area contributed by atoms with Crippen molar-refractivity contribution in [2.24, 2.45) is 0 Å². The average molecular weight is 468 g/mol. The second kappa shape index (κ2) is 10.3. The standard InChI is InChI=1S/C23H22ClN5O2S/c1-2-30-21-13-16(6-7-20(21)31-15-17-4-3-5-19(24)12-17)14-26-29-22(27-28-23(29)32)18-8-10-25-11-9-18/h3-13,26H,2,14-15H2,1H3,(H,28,32). The van der Waals surface area contributed by atoms with Crippen LogP contribution < -0.4 is 14.9 Å². The number of nitrogens with zero attached hydrogens (tertiary/aromatic N) is 3. The Bertz CT molecular complexity index is 1240. The fraction of sp³-hybridized carbons (Fsp3) is 0.174. The first-order valence-electron chi connectivity index (χ1n) is 10.1. The number of rotatable bonds is 9. The number of aromatic nitrogens is 4. The number of H-pyrrole nitrogens is 1. The highest BCUT2D eigenvalue weighted by Crippen LogP contribution is 2.30. The number of aromatic amines is 1. The number of pyridine rings is 1. The Morgan fingerprint density at radius 1 is 1.03 bits per heavy atom. The Balaban J connectivity index is 1.49. The molecule has 0 fully saturated rings. The van der Waals surface area contributed by atoms with E-state index in [0.717, 1.165) is 16.7 Å². The highest BCUT2D eigenvalue weighted by atomic mass is 35.5. The van der Waals surface area contributed by atoms with Gasteiger partial charge in [0.05, 0.1) is 13.2 Å². The van der Waals surface area contributed by atoms with Crippen molar-refractivity contribution in [2.75, 3.05) is 12.0 Å². The SMILES string of the molecule is CCOc1cc(CNn2c(-c3ccncc3)n[nH]c2=S)ccc1OCc1cccc(Cl)c1. The number of hydrogen-bond donors (Lipinski definition) is 2. The van der Waals surface area contributed by atoms with Gasteiger partial charge >= 0.3 is 0 Å². The molecule has 2 N–H and O–H groups in total. The molecule has 4 rings (SSSR count). The summed E-state index contributed by atoms with van der Waals surface area (Å²) in [7, 11) is 0. The topological polar surface area (TPSA) is 77.0 Å². The van der Waals surface area contributed by atoms with Crippen molar-refractivity contribution in [1.82, 2.24) is 19.9 Å². The van der Waals surface area contributed by atoms with Crippen molar-refractivity contribution in [2.45, 2.75) is 20.1 Å². The van der Waals surface area contributed by atoms with Crippen LogP contribution in [0, 0.1) is 4.77 Å². The molecule has 2 aromatic heterocycles. The summed E-state index contributed by atoms with van der Waals surface area (Å²) in [6, 6.07) is 17.2. The molecule has 7 nitrogen and oxygen atoms in total. The molecule has 0 aliphatic carbocycles. The van der Waals surface area contributed by atoms with Gasteiger partial charge in [0, 0.05) is 23.0 Å². The zero-order valence-electron chi connectivity index (χ0n) is 17.4. The van der Waals surface area contributed by atoms with E-state index in [1.165, 1.54) is 0 Å². The van der Waals surface area contributed by atoms with Gasteiger partial charge in [-0.3, -0.25) is 4.98 Å². The maximum atomic E-state index is 6.06. The third kappa shape index (κ3) is 5.27. The van der Waals surface area contributed by atoms with Gasteiger partial charge in [0.15, 0.2) is 17.3 Å². The van der Waals surface area contributed by atoms with Crippen LogP contribution in [-0.2, 0) is 13.2 Å². The molecule has 164 valence electrons. The van der Waals surface area contributed by atoms with Gasteiger partial charge in [-0.05, 0) is 66.7 Å². The summed E-state index contributed by atoms with van der Waals surface area (Å²) in [4.78, 5) is 4.05. The van der Waals surface area contributed by atoms with E-state index in [1.54, 1.807) is 17.1 Å². The zero-order valence-corrected chi connectivity index (χ0v) is 19.0. The smallest absolute Gasteiger partial charge is 0.214 e. The number of ether oxygens (including phenoxy) is 2. The number of benzene rings is 2. The normalized spacial score (nSPS) is 10.7. The third-order valence-corrected chi connectivity index (χ3v) is 5.15. The minimum atomic E-state index is 0.401. The molecule has 0 saturated heterocycles. The minimum Gasteiger partial charge on any atom is -0.490 e. The van der Waals surface area contributed by atoms with Gasteiger partial charge in [-0.15, -0.1) is 0 Å². The lowest BCUT2D eigenvalue weighted by atomic mass is 10.2. The van der Waals surface area contributed by atoms with E-state index in [-0.39, 0.29) is 0 Å². The Hall–Kier alpha value is -3.36. The maximum absolute atomic E-state index is 6.06. The molecule has 0 bridgehead atoms. The molecular weight excluding hydrogens is 446 g/mol. The van der Waals surface area contributed by atoms with Crippen LogP contribution in [0.1, 0.15) is 18.1 Å². The fourth-order valence-electron chi connectivity index (χ4n) is 3.15. The highest BCUT2D eigenvalue weighted by Gasteiger charge is 2.11. The van der Waals surface area contributed by atoms with Crippen LogP contribution in [0.15, 0.2) is 67.0 Å². The number of halogens is 1. The molecule has 0 aliphatic rings. The van der Waals surface area contributed by atoms with Crippen LogP contribution in [0.5, 0.6) is 11.5 Å². The van der Waals surface area contributed by atoms with E-state index in [1.807, 2.05) is 61.5 Å². The fourth-order valence-corrected chi connectivity index (χ4v) is 3.56. The van der Waals surface area contributed by atoms with E-state index in [9.17, 15) is 0 Å². The summed E-state index contributed by atoms with van der Waals surface area (Å²) >= 11 is 11.4.